The van der Waals surface area contributed by atoms with Gasteiger partial charge in [0.15, 0.2) is 0 Å². The van der Waals surface area contributed by atoms with E-state index < -0.39 is 10.0 Å². The average Bonchev–Trinajstić information content (AvgIpc) is 3.36. The molecule has 0 amide bonds. The van der Waals surface area contributed by atoms with E-state index >= 15 is 0 Å². The summed E-state index contributed by atoms with van der Waals surface area (Å²) in [7, 11) is -3.66. The van der Waals surface area contributed by atoms with Crippen LogP contribution in [0.2, 0.25) is 5.02 Å². The number of sulfonamides is 1. The molecule has 0 aliphatic carbocycles. The first-order chi connectivity index (χ1) is 16.4. The van der Waals surface area contributed by atoms with Crippen molar-refractivity contribution in [1.29, 1.82) is 0 Å². The van der Waals surface area contributed by atoms with Gasteiger partial charge in [-0.05, 0) is 49.4 Å². The summed E-state index contributed by atoms with van der Waals surface area (Å²) in [6.07, 6.45) is 0. The summed E-state index contributed by atoms with van der Waals surface area (Å²) in [6, 6.07) is 22.0. The van der Waals surface area contributed by atoms with E-state index in [0.29, 0.717) is 42.6 Å². The first-order valence-electron chi connectivity index (χ1n) is 10.9. The van der Waals surface area contributed by atoms with Gasteiger partial charge >= 0.3 is 0 Å². The smallest absolute Gasteiger partial charge is 0.258 e. The minimum Gasteiger partial charge on any atom is -0.369 e. The molecule has 34 heavy (non-hydrogen) atoms. The van der Waals surface area contributed by atoms with Crippen molar-refractivity contribution < 1.29 is 12.9 Å². The Hall–Kier alpha value is -3.20. The Morgan fingerprint density at radius 2 is 1.59 bits per heavy atom. The van der Waals surface area contributed by atoms with Crippen molar-refractivity contribution in [3.05, 3.63) is 83.4 Å². The van der Waals surface area contributed by atoms with Crippen molar-refractivity contribution in [2.45, 2.75) is 11.8 Å². The Balaban J connectivity index is 1.33. The van der Waals surface area contributed by atoms with E-state index in [1.165, 1.54) is 4.31 Å². The van der Waals surface area contributed by atoms with Crippen LogP contribution in [0.3, 0.4) is 0 Å². The second-order valence-corrected chi connectivity index (χ2v) is 10.6. The van der Waals surface area contributed by atoms with Crippen LogP contribution < -0.4 is 4.90 Å². The molecular weight excluding hydrogens is 472 g/mol. The van der Waals surface area contributed by atoms with Gasteiger partial charge in [0, 0.05) is 48.0 Å². The normalized spacial score (nSPS) is 14.9. The van der Waals surface area contributed by atoms with Crippen LogP contribution >= 0.6 is 11.6 Å². The Bertz CT molecular complexity index is 1390. The van der Waals surface area contributed by atoms with E-state index in [9.17, 15) is 8.42 Å². The van der Waals surface area contributed by atoms with Gasteiger partial charge in [-0.1, -0.05) is 52.7 Å². The molecule has 0 radical (unpaired) electrons. The molecule has 0 bridgehead atoms. The van der Waals surface area contributed by atoms with Crippen molar-refractivity contribution in [2.75, 3.05) is 31.1 Å². The largest absolute Gasteiger partial charge is 0.369 e. The maximum atomic E-state index is 13.3. The summed E-state index contributed by atoms with van der Waals surface area (Å²) in [5.74, 6) is 0.738. The minimum atomic E-state index is -3.66. The third-order valence-corrected chi connectivity index (χ3v) is 8.03. The summed E-state index contributed by atoms with van der Waals surface area (Å²) in [6.45, 7) is 4.00. The third-order valence-electron chi connectivity index (χ3n) is 5.88. The highest BCUT2D eigenvalue weighted by Gasteiger charge is 2.29. The van der Waals surface area contributed by atoms with Gasteiger partial charge in [-0.25, -0.2) is 8.42 Å². The number of rotatable bonds is 5. The zero-order valence-electron chi connectivity index (χ0n) is 18.6. The molecule has 5 rings (SSSR count). The molecule has 0 unspecified atom stereocenters. The fraction of sp³-hybridized carbons (Fsp3) is 0.200. The van der Waals surface area contributed by atoms with Gasteiger partial charge in [-0.2, -0.15) is 9.29 Å². The number of benzene rings is 3. The molecule has 9 heteroatoms. The lowest BCUT2D eigenvalue weighted by atomic mass is 10.1. The van der Waals surface area contributed by atoms with Gasteiger partial charge in [0.1, 0.15) is 0 Å². The SMILES string of the molecule is Cc1ccc(-c2noc(-c3cccc(S(=O)(=O)N4CCN(c5ccc(Cl)cc5)CC4)c3)n2)cc1. The zero-order chi connectivity index (χ0) is 23.7. The monoisotopic (exact) mass is 494 g/mol. The highest BCUT2D eigenvalue weighted by molar-refractivity contribution is 7.89. The summed E-state index contributed by atoms with van der Waals surface area (Å²) in [5, 5.41) is 4.73. The predicted molar refractivity (Wildman–Crippen MR) is 132 cm³/mol. The number of halogens is 1. The number of aromatic nitrogens is 2. The Labute approximate surface area is 203 Å². The van der Waals surface area contributed by atoms with E-state index in [-0.39, 0.29) is 10.8 Å². The van der Waals surface area contributed by atoms with Gasteiger partial charge in [-0.3, -0.25) is 0 Å². The molecule has 1 saturated heterocycles. The first-order valence-corrected chi connectivity index (χ1v) is 12.7. The second kappa shape index (κ2) is 9.21. The molecule has 3 aromatic carbocycles. The molecule has 0 atom stereocenters. The fourth-order valence-corrected chi connectivity index (χ4v) is 5.53. The molecule has 1 fully saturated rings. The molecule has 1 aliphatic rings. The van der Waals surface area contributed by atoms with E-state index in [2.05, 4.69) is 15.0 Å². The number of anilines is 1. The summed E-state index contributed by atoms with van der Waals surface area (Å²) in [5.41, 5.74) is 3.57. The summed E-state index contributed by atoms with van der Waals surface area (Å²) in [4.78, 5) is 6.83. The van der Waals surface area contributed by atoms with E-state index in [0.717, 1.165) is 16.8 Å². The maximum absolute atomic E-state index is 13.3. The molecular formula is C25H23ClN4O3S. The molecule has 4 aromatic rings. The van der Waals surface area contributed by atoms with Crippen LogP contribution in [0.1, 0.15) is 5.56 Å². The lowest BCUT2D eigenvalue weighted by molar-refractivity contribution is 0.385. The van der Waals surface area contributed by atoms with Crippen LogP contribution in [0.4, 0.5) is 5.69 Å². The average molecular weight is 495 g/mol. The van der Waals surface area contributed by atoms with E-state index in [1.54, 1.807) is 24.3 Å². The predicted octanol–water partition coefficient (Wildman–Crippen LogP) is 4.88. The van der Waals surface area contributed by atoms with Crippen molar-refractivity contribution in [2.24, 2.45) is 0 Å². The van der Waals surface area contributed by atoms with Gasteiger partial charge in [0.25, 0.3) is 5.89 Å². The van der Waals surface area contributed by atoms with E-state index in [4.69, 9.17) is 16.1 Å². The van der Waals surface area contributed by atoms with Crippen LogP contribution in [0.25, 0.3) is 22.8 Å². The molecule has 174 valence electrons. The molecule has 0 spiro atoms. The Morgan fingerprint density at radius 3 is 2.29 bits per heavy atom. The number of hydrogen-bond donors (Lipinski definition) is 0. The number of aryl methyl sites for hydroxylation is 1. The Morgan fingerprint density at radius 1 is 0.882 bits per heavy atom. The van der Waals surface area contributed by atoms with Crippen molar-refractivity contribution in [3.63, 3.8) is 0 Å². The number of piperazine rings is 1. The highest BCUT2D eigenvalue weighted by Crippen LogP contribution is 2.27. The maximum Gasteiger partial charge on any atom is 0.258 e. The van der Waals surface area contributed by atoms with Crippen LogP contribution in [-0.2, 0) is 10.0 Å². The van der Waals surface area contributed by atoms with Crippen LogP contribution in [0.15, 0.2) is 82.2 Å². The highest BCUT2D eigenvalue weighted by atomic mass is 35.5. The lowest BCUT2D eigenvalue weighted by Gasteiger charge is -2.35. The van der Waals surface area contributed by atoms with Crippen molar-refractivity contribution in [1.82, 2.24) is 14.4 Å². The summed E-state index contributed by atoms with van der Waals surface area (Å²) < 4.78 is 33.6. The molecule has 1 aliphatic heterocycles. The van der Waals surface area contributed by atoms with Crippen LogP contribution in [0, 0.1) is 6.92 Å². The molecule has 0 saturated carbocycles. The first kappa shape index (κ1) is 22.6. The number of hydrogen-bond acceptors (Lipinski definition) is 6. The van der Waals surface area contributed by atoms with E-state index in [1.807, 2.05) is 55.5 Å². The van der Waals surface area contributed by atoms with Gasteiger partial charge in [0.05, 0.1) is 4.90 Å². The topological polar surface area (TPSA) is 79.5 Å². The molecule has 7 nitrogen and oxygen atoms in total. The minimum absolute atomic E-state index is 0.208. The number of nitrogens with zero attached hydrogens (tertiary/aromatic N) is 4. The zero-order valence-corrected chi connectivity index (χ0v) is 20.1. The quantitative estimate of drug-likeness (QED) is 0.393. The van der Waals surface area contributed by atoms with Gasteiger partial charge in [-0.15, -0.1) is 0 Å². The fourth-order valence-electron chi connectivity index (χ4n) is 3.94. The molecule has 2 heterocycles. The third kappa shape index (κ3) is 4.57. The molecule has 1 aromatic heterocycles. The van der Waals surface area contributed by atoms with Crippen LogP contribution in [-0.4, -0.2) is 49.0 Å². The van der Waals surface area contributed by atoms with Gasteiger partial charge in [0.2, 0.25) is 15.8 Å². The molecule has 0 N–H and O–H groups in total. The van der Waals surface area contributed by atoms with Crippen molar-refractivity contribution >= 4 is 27.3 Å². The second-order valence-electron chi connectivity index (χ2n) is 8.18. The summed E-state index contributed by atoms with van der Waals surface area (Å²) >= 11 is 5.98. The van der Waals surface area contributed by atoms with Crippen LogP contribution in [0.5, 0.6) is 0 Å². The van der Waals surface area contributed by atoms with Gasteiger partial charge < -0.3 is 9.42 Å². The standard InChI is InChI=1S/C25H23ClN4O3S/c1-18-5-7-19(8-6-18)24-27-25(33-28-24)20-3-2-4-23(17-20)34(31,32)30-15-13-29(14-16-30)22-11-9-21(26)10-12-22/h2-12,17H,13-16H2,1H3. The lowest BCUT2D eigenvalue weighted by Crippen LogP contribution is -2.48. The Kier molecular flexibility index (Phi) is 6.12. The van der Waals surface area contributed by atoms with Crippen molar-refractivity contribution in [3.8, 4) is 22.8 Å².